The van der Waals surface area contributed by atoms with Crippen LogP contribution in [-0.2, 0) is 11.8 Å². The molecular weight excluding hydrogens is 430 g/mol. The van der Waals surface area contributed by atoms with Gasteiger partial charge in [0.1, 0.15) is 11.8 Å². The first-order chi connectivity index (χ1) is 16.5. The van der Waals surface area contributed by atoms with E-state index in [0.717, 1.165) is 43.2 Å². The summed E-state index contributed by atoms with van der Waals surface area (Å²) in [6.45, 7) is 2.94. The predicted octanol–water partition coefficient (Wildman–Crippen LogP) is 2.41. The number of hydrogen-bond donors (Lipinski definition) is 1. The number of likely N-dealkylation sites (tertiary alicyclic amines) is 2. The molecule has 1 N–H and O–H groups in total. The lowest BCUT2D eigenvalue weighted by molar-refractivity contribution is -0.162. The van der Waals surface area contributed by atoms with Crippen LogP contribution in [0.4, 0.5) is 0 Å². The molecule has 4 atom stereocenters. The lowest BCUT2D eigenvalue weighted by Gasteiger charge is -2.60. The van der Waals surface area contributed by atoms with Gasteiger partial charge >= 0.3 is 0 Å². The second-order valence-corrected chi connectivity index (χ2v) is 10.8. The Balaban J connectivity index is 1.35. The average Bonchev–Trinajstić information content (AvgIpc) is 3.63. The maximum atomic E-state index is 13.4. The van der Waals surface area contributed by atoms with Gasteiger partial charge in [-0.1, -0.05) is 12.1 Å². The van der Waals surface area contributed by atoms with Crippen molar-refractivity contribution in [2.45, 2.75) is 55.3 Å². The highest BCUT2D eigenvalue weighted by Crippen LogP contribution is 2.63. The predicted molar refractivity (Wildman–Crippen MR) is 125 cm³/mol. The molecule has 0 unspecified atom stereocenters. The van der Waals surface area contributed by atoms with Gasteiger partial charge in [-0.3, -0.25) is 14.7 Å². The molecule has 5 aliphatic rings. The van der Waals surface area contributed by atoms with E-state index in [2.05, 4.69) is 16.0 Å². The van der Waals surface area contributed by atoms with Gasteiger partial charge in [-0.05, 0) is 68.3 Å². The number of rotatable bonds is 4. The quantitative estimate of drug-likeness (QED) is 0.754. The minimum atomic E-state index is -0.964. The summed E-state index contributed by atoms with van der Waals surface area (Å²) in [7, 11) is 1.67. The molecule has 2 saturated heterocycles. The maximum Gasteiger partial charge on any atom is 0.272 e. The number of aromatic nitrogens is 1. The van der Waals surface area contributed by atoms with Crippen LogP contribution in [0.5, 0.6) is 11.5 Å². The summed E-state index contributed by atoms with van der Waals surface area (Å²) in [6.07, 6.45) is 6.10. The number of nitrogens with zero attached hydrogens (tertiary/aromatic N) is 3. The molecule has 3 fully saturated rings. The third-order valence-electron chi connectivity index (χ3n) is 9.16. The largest absolute Gasteiger partial charge is 0.493 e. The van der Waals surface area contributed by atoms with E-state index in [-0.39, 0.29) is 18.1 Å². The Morgan fingerprint density at radius 1 is 1.24 bits per heavy atom. The van der Waals surface area contributed by atoms with Crippen molar-refractivity contribution in [3.63, 3.8) is 0 Å². The lowest BCUT2D eigenvalue weighted by Crippen LogP contribution is -2.74. The minimum Gasteiger partial charge on any atom is -0.493 e. The van der Waals surface area contributed by atoms with Crippen LogP contribution in [0.3, 0.4) is 0 Å². The van der Waals surface area contributed by atoms with Crippen LogP contribution in [0.15, 0.2) is 36.5 Å². The number of pyridine rings is 1. The SMILES string of the molecule is COc1ccc2c3c1O[C@H]1CN(C(=O)c4ccccn4)CC[C@@]4(O)[C@@H](C2)N(CC2CC2)CC[C@]314. The molecule has 7 heteroatoms. The van der Waals surface area contributed by atoms with Crippen molar-refractivity contribution >= 4 is 5.91 Å². The van der Waals surface area contributed by atoms with Crippen molar-refractivity contribution in [3.8, 4) is 11.5 Å². The lowest BCUT2D eigenvalue weighted by atomic mass is 9.52. The van der Waals surface area contributed by atoms with Gasteiger partial charge in [0, 0.05) is 30.9 Å². The van der Waals surface area contributed by atoms with Crippen LogP contribution >= 0.6 is 0 Å². The van der Waals surface area contributed by atoms with Gasteiger partial charge in [0.15, 0.2) is 11.5 Å². The van der Waals surface area contributed by atoms with Crippen molar-refractivity contribution in [1.82, 2.24) is 14.8 Å². The first-order valence-electron chi connectivity index (χ1n) is 12.6. The Labute approximate surface area is 199 Å². The van der Waals surface area contributed by atoms with E-state index in [1.807, 2.05) is 23.1 Å². The number of hydrogen-bond acceptors (Lipinski definition) is 6. The van der Waals surface area contributed by atoms with E-state index in [1.54, 1.807) is 19.4 Å². The first-order valence-corrected chi connectivity index (χ1v) is 12.6. The fraction of sp³-hybridized carbons (Fsp3) is 0.556. The first kappa shape index (κ1) is 20.7. The molecule has 1 aromatic carbocycles. The average molecular weight is 462 g/mol. The topological polar surface area (TPSA) is 75.1 Å². The van der Waals surface area contributed by atoms with Crippen LogP contribution < -0.4 is 9.47 Å². The molecule has 178 valence electrons. The molecule has 1 amide bonds. The summed E-state index contributed by atoms with van der Waals surface area (Å²) in [5.41, 5.74) is 1.33. The van der Waals surface area contributed by atoms with Crippen molar-refractivity contribution < 1.29 is 19.4 Å². The zero-order chi connectivity index (χ0) is 23.1. The third-order valence-corrected chi connectivity index (χ3v) is 9.16. The molecular formula is C27H31N3O4. The van der Waals surface area contributed by atoms with E-state index < -0.39 is 11.0 Å². The molecule has 2 bridgehead atoms. The summed E-state index contributed by atoms with van der Waals surface area (Å²) in [5.74, 6) is 2.14. The third kappa shape index (κ3) is 2.65. The smallest absolute Gasteiger partial charge is 0.272 e. The van der Waals surface area contributed by atoms with E-state index in [4.69, 9.17) is 9.47 Å². The van der Waals surface area contributed by atoms with Gasteiger partial charge in [-0.2, -0.15) is 0 Å². The molecule has 7 rings (SSSR count). The molecule has 2 aliphatic carbocycles. The minimum absolute atomic E-state index is 0.0321. The second kappa shape index (κ2) is 7.18. The van der Waals surface area contributed by atoms with E-state index in [0.29, 0.717) is 31.0 Å². The maximum absolute atomic E-state index is 13.4. The molecule has 1 spiro atoms. The molecule has 0 radical (unpaired) electrons. The molecule has 4 heterocycles. The normalized spacial score (nSPS) is 33.6. The Morgan fingerprint density at radius 3 is 2.88 bits per heavy atom. The van der Waals surface area contributed by atoms with Crippen molar-refractivity contribution in [1.29, 1.82) is 0 Å². The number of ether oxygens (including phenoxy) is 2. The summed E-state index contributed by atoms with van der Waals surface area (Å²) in [5, 5.41) is 12.7. The van der Waals surface area contributed by atoms with E-state index in [9.17, 15) is 9.90 Å². The monoisotopic (exact) mass is 461 g/mol. The summed E-state index contributed by atoms with van der Waals surface area (Å²) < 4.78 is 12.4. The molecule has 1 aromatic heterocycles. The van der Waals surface area contributed by atoms with Crippen molar-refractivity contribution in [3.05, 3.63) is 53.3 Å². The number of benzene rings is 1. The Morgan fingerprint density at radius 2 is 2.12 bits per heavy atom. The van der Waals surface area contributed by atoms with Crippen LogP contribution in [0, 0.1) is 5.92 Å². The molecule has 7 nitrogen and oxygen atoms in total. The van der Waals surface area contributed by atoms with Gasteiger partial charge < -0.3 is 19.5 Å². The summed E-state index contributed by atoms with van der Waals surface area (Å²) >= 11 is 0. The fourth-order valence-electron chi connectivity index (χ4n) is 7.39. The number of aliphatic hydroxyl groups is 1. The van der Waals surface area contributed by atoms with Gasteiger partial charge in [-0.25, -0.2) is 0 Å². The highest BCUT2D eigenvalue weighted by molar-refractivity contribution is 5.92. The summed E-state index contributed by atoms with van der Waals surface area (Å²) in [4.78, 5) is 22.1. The number of amides is 1. The van der Waals surface area contributed by atoms with Crippen LogP contribution in [0.25, 0.3) is 0 Å². The van der Waals surface area contributed by atoms with Crippen LogP contribution in [-0.4, -0.2) is 76.8 Å². The van der Waals surface area contributed by atoms with Crippen molar-refractivity contribution in [2.75, 3.05) is 33.3 Å². The molecule has 2 aromatic rings. The van der Waals surface area contributed by atoms with E-state index >= 15 is 0 Å². The highest BCUT2D eigenvalue weighted by atomic mass is 16.5. The van der Waals surface area contributed by atoms with Gasteiger partial charge in [0.05, 0.1) is 24.7 Å². The van der Waals surface area contributed by atoms with E-state index in [1.165, 1.54) is 18.4 Å². The van der Waals surface area contributed by atoms with Crippen molar-refractivity contribution in [2.24, 2.45) is 5.92 Å². The van der Waals surface area contributed by atoms with Crippen LogP contribution in [0.1, 0.15) is 47.3 Å². The zero-order valence-electron chi connectivity index (χ0n) is 19.6. The Bertz CT molecular complexity index is 1150. The number of methoxy groups -OCH3 is 1. The standard InChI is InChI=1S/C27H31N3O4/c1-33-20-8-7-18-14-21-27(32)10-13-30(25(31)19-4-2-3-11-28-19)16-22-26(27,23(18)24(20)34-22)9-12-29(21)15-17-5-6-17/h2-4,7-8,11,17,21-22,32H,5-6,9-10,12-16H2,1H3/t21-,22+,26-,27-/m1/s1. The number of carbonyl (C=O) groups excluding carboxylic acids is 1. The molecule has 34 heavy (non-hydrogen) atoms. The van der Waals surface area contributed by atoms with Gasteiger partial charge in [-0.15, -0.1) is 0 Å². The van der Waals surface area contributed by atoms with Crippen LogP contribution in [0.2, 0.25) is 0 Å². The Kier molecular flexibility index (Phi) is 4.38. The zero-order valence-corrected chi connectivity index (χ0v) is 19.6. The molecule has 3 aliphatic heterocycles. The Hall–Kier alpha value is -2.64. The van der Waals surface area contributed by atoms with Gasteiger partial charge in [0.25, 0.3) is 5.91 Å². The fourth-order valence-corrected chi connectivity index (χ4v) is 7.39. The summed E-state index contributed by atoms with van der Waals surface area (Å²) in [6, 6.07) is 9.61. The number of piperidine rings is 1. The second-order valence-electron chi connectivity index (χ2n) is 10.8. The van der Waals surface area contributed by atoms with Gasteiger partial charge in [0.2, 0.25) is 0 Å². The number of carbonyl (C=O) groups is 1. The molecule has 1 saturated carbocycles. The highest BCUT2D eigenvalue weighted by Gasteiger charge is 2.71.